The first-order chi connectivity index (χ1) is 11.2. The molecule has 6 heteroatoms. The van der Waals surface area contributed by atoms with Gasteiger partial charge in [0.25, 0.3) is 5.56 Å². The van der Waals surface area contributed by atoms with E-state index in [9.17, 15) is 9.59 Å². The lowest BCUT2D eigenvalue weighted by molar-refractivity contribution is -0.133. The van der Waals surface area contributed by atoms with Gasteiger partial charge < -0.3 is 4.90 Å². The molecule has 1 amide bonds. The SMILES string of the molecule is CC(Sc1nc2ccccc2c(=O)n1C)C(=O)N(C(C)C)C(C)C. The molecule has 0 saturated carbocycles. The molecule has 1 heterocycles. The Kier molecular flexibility index (Phi) is 5.70. The summed E-state index contributed by atoms with van der Waals surface area (Å²) >= 11 is 1.33. The van der Waals surface area contributed by atoms with Crippen molar-refractivity contribution in [2.45, 2.75) is 57.1 Å². The highest BCUT2D eigenvalue weighted by atomic mass is 32.2. The van der Waals surface area contributed by atoms with Crippen LogP contribution in [-0.4, -0.2) is 37.7 Å². The quantitative estimate of drug-likeness (QED) is 0.616. The van der Waals surface area contributed by atoms with E-state index in [-0.39, 0.29) is 28.8 Å². The molecular weight excluding hydrogens is 322 g/mol. The summed E-state index contributed by atoms with van der Waals surface area (Å²) in [6.45, 7) is 9.92. The lowest BCUT2D eigenvalue weighted by Crippen LogP contribution is -2.45. The van der Waals surface area contributed by atoms with E-state index in [0.29, 0.717) is 16.1 Å². The first-order valence-electron chi connectivity index (χ1n) is 8.18. The van der Waals surface area contributed by atoms with Crippen molar-refractivity contribution in [2.75, 3.05) is 0 Å². The van der Waals surface area contributed by atoms with Crippen molar-refractivity contribution < 1.29 is 4.79 Å². The molecule has 0 fully saturated rings. The third-order valence-corrected chi connectivity index (χ3v) is 5.07. The predicted molar refractivity (Wildman–Crippen MR) is 99.4 cm³/mol. The summed E-state index contributed by atoms with van der Waals surface area (Å²) in [5.74, 6) is 0.0624. The maximum Gasteiger partial charge on any atom is 0.261 e. The van der Waals surface area contributed by atoms with Crippen molar-refractivity contribution in [3.8, 4) is 0 Å². The molecule has 1 unspecified atom stereocenters. The summed E-state index contributed by atoms with van der Waals surface area (Å²) in [4.78, 5) is 31.7. The van der Waals surface area contributed by atoms with Crippen LogP contribution < -0.4 is 5.56 Å². The number of thioether (sulfide) groups is 1. The Labute approximate surface area is 147 Å². The van der Waals surface area contributed by atoms with E-state index in [1.54, 1.807) is 13.1 Å². The minimum absolute atomic E-state index is 0.0624. The van der Waals surface area contributed by atoms with Crippen molar-refractivity contribution >= 4 is 28.6 Å². The topological polar surface area (TPSA) is 55.2 Å². The zero-order chi connectivity index (χ0) is 18.0. The average Bonchev–Trinajstić information content (AvgIpc) is 2.51. The van der Waals surface area contributed by atoms with Gasteiger partial charge in [-0.3, -0.25) is 14.2 Å². The molecular formula is C18H25N3O2S. The minimum Gasteiger partial charge on any atom is -0.337 e. The Hall–Kier alpha value is -1.82. The number of carbonyl (C=O) groups excluding carboxylic acids is 1. The standard InChI is InChI=1S/C18H25N3O2S/c1-11(2)21(12(3)4)16(22)13(5)24-18-19-15-10-8-7-9-14(15)17(23)20(18)6/h7-13H,1-6H3. The second-order valence-electron chi connectivity index (χ2n) is 6.47. The Bertz CT molecular complexity index is 790. The van der Waals surface area contributed by atoms with Crippen LogP contribution in [0.1, 0.15) is 34.6 Å². The minimum atomic E-state index is -0.311. The third kappa shape index (κ3) is 3.64. The summed E-state index contributed by atoms with van der Waals surface area (Å²) in [6, 6.07) is 7.54. The molecule has 0 aliphatic carbocycles. The second-order valence-corrected chi connectivity index (χ2v) is 7.78. The van der Waals surface area contributed by atoms with Crippen LogP contribution in [0.4, 0.5) is 0 Å². The van der Waals surface area contributed by atoms with E-state index < -0.39 is 0 Å². The maximum absolute atomic E-state index is 12.8. The number of rotatable bonds is 5. The first kappa shape index (κ1) is 18.5. The van der Waals surface area contributed by atoms with Crippen LogP contribution in [0.25, 0.3) is 10.9 Å². The summed E-state index contributed by atoms with van der Waals surface area (Å²) in [6.07, 6.45) is 0. The number of aromatic nitrogens is 2. The van der Waals surface area contributed by atoms with Crippen LogP contribution in [0.3, 0.4) is 0 Å². The van der Waals surface area contributed by atoms with Crippen LogP contribution >= 0.6 is 11.8 Å². The Morgan fingerprint density at radius 2 is 1.71 bits per heavy atom. The van der Waals surface area contributed by atoms with Gasteiger partial charge in [0.05, 0.1) is 16.2 Å². The lowest BCUT2D eigenvalue weighted by Gasteiger charge is -2.32. The van der Waals surface area contributed by atoms with E-state index in [1.165, 1.54) is 16.3 Å². The number of hydrogen-bond donors (Lipinski definition) is 0. The monoisotopic (exact) mass is 347 g/mol. The Morgan fingerprint density at radius 1 is 1.12 bits per heavy atom. The Morgan fingerprint density at radius 3 is 2.29 bits per heavy atom. The molecule has 1 atom stereocenters. The summed E-state index contributed by atoms with van der Waals surface area (Å²) < 4.78 is 1.52. The van der Waals surface area contributed by atoms with Gasteiger partial charge in [-0.15, -0.1) is 0 Å². The lowest BCUT2D eigenvalue weighted by atomic mass is 10.2. The number of fused-ring (bicyclic) bond motifs is 1. The molecule has 1 aromatic heterocycles. The molecule has 0 spiro atoms. The van der Waals surface area contributed by atoms with E-state index in [2.05, 4.69) is 4.98 Å². The molecule has 1 aromatic carbocycles. The molecule has 0 N–H and O–H groups in total. The molecule has 0 bridgehead atoms. The van der Waals surface area contributed by atoms with E-state index in [1.807, 2.05) is 57.7 Å². The smallest absolute Gasteiger partial charge is 0.261 e. The van der Waals surface area contributed by atoms with Crippen LogP contribution in [0, 0.1) is 0 Å². The summed E-state index contributed by atoms with van der Waals surface area (Å²) in [7, 11) is 1.70. The van der Waals surface area contributed by atoms with Gasteiger partial charge >= 0.3 is 0 Å². The highest BCUT2D eigenvalue weighted by Crippen LogP contribution is 2.24. The predicted octanol–water partition coefficient (Wildman–Crippen LogP) is 3.06. The number of hydrogen-bond acceptors (Lipinski definition) is 4. The number of nitrogens with zero attached hydrogens (tertiary/aromatic N) is 3. The number of para-hydroxylation sites is 1. The van der Waals surface area contributed by atoms with Gasteiger partial charge in [-0.05, 0) is 46.8 Å². The van der Waals surface area contributed by atoms with Gasteiger partial charge in [-0.2, -0.15) is 0 Å². The fourth-order valence-electron chi connectivity index (χ4n) is 2.83. The van der Waals surface area contributed by atoms with Crippen LogP contribution in [0.5, 0.6) is 0 Å². The molecule has 0 aliphatic heterocycles. The van der Waals surface area contributed by atoms with E-state index in [4.69, 9.17) is 0 Å². The van der Waals surface area contributed by atoms with Gasteiger partial charge in [0.2, 0.25) is 5.91 Å². The van der Waals surface area contributed by atoms with Crippen molar-refractivity contribution in [3.63, 3.8) is 0 Å². The maximum atomic E-state index is 12.8. The number of amides is 1. The van der Waals surface area contributed by atoms with Crippen molar-refractivity contribution in [1.82, 2.24) is 14.5 Å². The zero-order valence-corrected chi connectivity index (χ0v) is 15.9. The summed E-state index contributed by atoms with van der Waals surface area (Å²) in [5.41, 5.74) is 0.569. The third-order valence-electron chi connectivity index (χ3n) is 3.94. The fourth-order valence-corrected chi connectivity index (χ4v) is 3.76. The average molecular weight is 347 g/mol. The highest BCUT2D eigenvalue weighted by Gasteiger charge is 2.27. The molecule has 2 rings (SSSR count). The van der Waals surface area contributed by atoms with Gasteiger partial charge in [-0.1, -0.05) is 23.9 Å². The normalized spacial score (nSPS) is 12.8. The molecule has 0 saturated heterocycles. The van der Waals surface area contributed by atoms with Gasteiger partial charge in [0.15, 0.2) is 5.16 Å². The van der Waals surface area contributed by atoms with Crippen molar-refractivity contribution in [2.24, 2.45) is 7.05 Å². The molecule has 2 aromatic rings. The number of carbonyl (C=O) groups is 1. The second kappa shape index (κ2) is 7.38. The van der Waals surface area contributed by atoms with E-state index in [0.717, 1.165) is 0 Å². The van der Waals surface area contributed by atoms with Crippen LogP contribution in [0.2, 0.25) is 0 Å². The van der Waals surface area contributed by atoms with Gasteiger partial charge in [0, 0.05) is 19.1 Å². The van der Waals surface area contributed by atoms with Crippen LogP contribution in [0.15, 0.2) is 34.2 Å². The van der Waals surface area contributed by atoms with Crippen molar-refractivity contribution in [1.29, 1.82) is 0 Å². The first-order valence-corrected chi connectivity index (χ1v) is 9.06. The van der Waals surface area contributed by atoms with Gasteiger partial charge in [0.1, 0.15) is 0 Å². The molecule has 130 valence electrons. The molecule has 24 heavy (non-hydrogen) atoms. The zero-order valence-electron chi connectivity index (χ0n) is 15.1. The highest BCUT2D eigenvalue weighted by molar-refractivity contribution is 8.00. The number of benzene rings is 1. The molecule has 0 aliphatic rings. The largest absolute Gasteiger partial charge is 0.337 e. The molecule has 5 nitrogen and oxygen atoms in total. The van der Waals surface area contributed by atoms with E-state index >= 15 is 0 Å². The fraction of sp³-hybridized carbons (Fsp3) is 0.500. The Balaban J connectivity index is 2.34. The molecule has 0 radical (unpaired) electrons. The summed E-state index contributed by atoms with van der Waals surface area (Å²) in [5, 5.41) is 0.843. The van der Waals surface area contributed by atoms with Gasteiger partial charge in [-0.25, -0.2) is 4.98 Å². The van der Waals surface area contributed by atoms with Crippen LogP contribution in [-0.2, 0) is 11.8 Å². The van der Waals surface area contributed by atoms with Crippen molar-refractivity contribution in [3.05, 3.63) is 34.6 Å².